The Morgan fingerprint density at radius 2 is 2.05 bits per heavy atom. The Labute approximate surface area is 129 Å². The van der Waals surface area contributed by atoms with Crippen LogP contribution in [-0.2, 0) is 5.41 Å². The lowest BCUT2D eigenvalue weighted by Gasteiger charge is -2.43. The number of nitrogens with zero attached hydrogens (tertiary/aromatic N) is 1. The van der Waals surface area contributed by atoms with Crippen molar-refractivity contribution in [2.75, 3.05) is 27.8 Å². The second-order valence-corrected chi connectivity index (χ2v) is 6.02. The van der Waals surface area contributed by atoms with Gasteiger partial charge >= 0.3 is 0 Å². The fourth-order valence-corrected chi connectivity index (χ4v) is 3.81. The van der Waals surface area contributed by atoms with Gasteiger partial charge in [0.05, 0.1) is 20.3 Å². The molecule has 4 nitrogen and oxygen atoms in total. The van der Waals surface area contributed by atoms with Gasteiger partial charge in [-0.2, -0.15) is 0 Å². The third-order valence-electron chi connectivity index (χ3n) is 5.01. The fraction of sp³-hybridized carbons (Fsp3) is 0.647. The molecular formula is C17H25NO3. The van der Waals surface area contributed by atoms with Gasteiger partial charge in [0.25, 0.3) is 0 Å². The summed E-state index contributed by atoms with van der Waals surface area (Å²) in [5.41, 5.74) is 0.790. The molecule has 0 spiro atoms. The number of hydrogen-bond acceptors (Lipinski definition) is 4. The van der Waals surface area contributed by atoms with E-state index < -0.39 is 18.9 Å². The number of fused-ring (bicyclic) bond motifs is 1. The van der Waals surface area contributed by atoms with Crippen LogP contribution in [0.1, 0.15) is 33.9 Å². The van der Waals surface area contributed by atoms with Gasteiger partial charge in [-0.3, -0.25) is 0 Å². The number of likely N-dealkylation sites (tertiary alicyclic amines) is 1. The quantitative estimate of drug-likeness (QED) is 0.927. The summed E-state index contributed by atoms with van der Waals surface area (Å²) in [6.07, 6.45) is -0.746. The highest BCUT2D eigenvalue weighted by atomic mass is 16.5. The summed E-state index contributed by atoms with van der Waals surface area (Å²) in [4.78, 5) is 2.16. The Hall–Kier alpha value is -1.26. The van der Waals surface area contributed by atoms with Crippen molar-refractivity contribution in [3.05, 3.63) is 23.8 Å². The SMILES string of the molecule is [2H]C1C[C@@]2(c3ccc(OC)c(OC)c3)CCN(C)[C@H]2C([2H])[C@@H]1O. The maximum absolute atomic E-state index is 10.2. The average Bonchev–Trinajstić information content (AvgIpc) is 2.89. The third-order valence-corrected chi connectivity index (χ3v) is 5.01. The summed E-state index contributed by atoms with van der Waals surface area (Å²) < 4.78 is 27.4. The smallest absolute Gasteiger partial charge is 0.161 e. The number of likely N-dealkylation sites (N-methyl/N-ethyl adjacent to an activating group) is 1. The van der Waals surface area contributed by atoms with Crippen LogP contribution in [-0.4, -0.2) is 50.0 Å². The van der Waals surface area contributed by atoms with E-state index in [0.717, 1.165) is 18.5 Å². The van der Waals surface area contributed by atoms with E-state index in [1.807, 2.05) is 25.2 Å². The third kappa shape index (κ3) is 2.30. The van der Waals surface area contributed by atoms with Crippen LogP contribution in [0.4, 0.5) is 0 Å². The van der Waals surface area contributed by atoms with E-state index in [4.69, 9.17) is 12.2 Å². The van der Waals surface area contributed by atoms with Crippen LogP contribution in [0.15, 0.2) is 18.2 Å². The number of benzene rings is 1. The Balaban J connectivity index is 2.08. The maximum Gasteiger partial charge on any atom is 0.161 e. The van der Waals surface area contributed by atoms with Crippen molar-refractivity contribution in [1.82, 2.24) is 4.90 Å². The van der Waals surface area contributed by atoms with E-state index >= 15 is 0 Å². The summed E-state index contributed by atoms with van der Waals surface area (Å²) in [6.45, 7) is 0.869. The molecule has 0 aromatic heterocycles. The molecule has 4 heteroatoms. The lowest BCUT2D eigenvalue weighted by atomic mass is 9.65. The Morgan fingerprint density at radius 3 is 2.76 bits per heavy atom. The first-order valence-electron chi connectivity index (χ1n) is 8.55. The van der Waals surface area contributed by atoms with Crippen molar-refractivity contribution in [2.24, 2.45) is 0 Å². The summed E-state index contributed by atoms with van der Waals surface area (Å²) in [5, 5.41) is 10.2. The number of rotatable bonds is 3. The van der Waals surface area contributed by atoms with Crippen LogP contribution < -0.4 is 9.47 Å². The van der Waals surface area contributed by atoms with Crippen molar-refractivity contribution in [3.63, 3.8) is 0 Å². The summed E-state index contributed by atoms with van der Waals surface area (Å²) in [5.74, 6) is 1.35. The number of aliphatic hydroxyl groups is 1. The van der Waals surface area contributed by atoms with Gasteiger partial charge in [0.1, 0.15) is 0 Å². The van der Waals surface area contributed by atoms with Gasteiger partial charge in [0.15, 0.2) is 11.5 Å². The number of methoxy groups -OCH3 is 2. The standard InChI is InChI=1S/C17H25NO3/c1-18-9-8-17(7-6-13(19)11-16(17)18)12-4-5-14(20-2)15(10-12)21-3/h4-5,10,13,16,19H,6-9,11H2,1-3H3/t13-,16+,17+/m1/s1/i6D,11D/t6?,11?,13-,16+,17+. The van der Waals surface area contributed by atoms with Crippen molar-refractivity contribution in [2.45, 2.75) is 43.2 Å². The van der Waals surface area contributed by atoms with Crippen LogP contribution in [0.2, 0.25) is 0 Å². The highest BCUT2D eigenvalue weighted by molar-refractivity contribution is 5.46. The highest BCUT2D eigenvalue weighted by Crippen LogP contribution is 2.49. The molecule has 5 atom stereocenters. The van der Waals surface area contributed by atoms with Gasteiger partial charge in [0.2, 0.25) is 0 Å². The fourth-order valence-electron chi connectivity index (χ4n) is 3.81. The van der Waals surface area contributed by atoms with E-state index in [0.29, 0.717) is 17.9 Å². The summed E-state index contributed by atoms with van der Waals surface area (Å²) in [6, 6.07) is 5.80. The zero-order valence-corrected chi connectivity index (χ0v) is 12.9. The molecule has 0 bridgehead atoms. The second kappa shape index (κ2) is 5.50. The highest BCUT2D eigenvalue weighted by Gasteiger charge is 2.50. The van der Waals surface area contributed by atoms with Gasteiger partial charge in [-0.15, -0.1) is 0 Å². The monoisotopic (exact) mass is 293 g/mol. The van der Waals surface area contributed by atoms with Crippen molar-refractivity contribution < 1.29 is 17.3 Å². The Bertz CT molecular complexity index is 585. The first-order chi connectivity index (χ1) is 10.9. The van der Waals surface area contributed by atoms with Gasteiger partial charge in [-0.25, -0.2) is 0 Å². The molecule has 2 fully saturated rings. The van der Waals surface area contributed by atoms with Crippen molar-refractivity contribution >= 4 is 0 Å². The Morgan fingerprint density at radius 1 is 1.29 bits per heavy atom. The average molecular weight is 293 g/mol. The minimum absolute atomic E-state index is 0.0859. The molecule has 1 N–H and O–H groups in total. The molecule has 1 saturated carbocycles. The molecule has 116 valence electrons. The molecule has 0 amide bonds. The van der Waals surface area contributed by atoms with Crippen molar-refractivity contribution in [3.8, 4) is 11.5 Å². The molecule has 2 aliphatic rings. The lowest BCUT2D eigenvalue weighted by molar-refractivity contribution is 0.0566. The minimum atomic E-state index is -0.895. The van der Waals surface area contributed by atoms with Gasteiger partial charge in [-0.1, -0.05) is 6.07 Å². The molecule has 2 unspecified atom stereocenters. The van der Waals surface area contributed by atoms with Crippen LogP contribution in [0, 0.1) is 0 Å². The zero-order chi connectivity index (χ0) is 16.8. The van der Waals surface area contributed by atoms with E-state index in [2.05, 4.69) is 4.90 Å². The van der Waals surface area contributed by atoms with E-state index in [1.165, 1.54) is 0 Å². The first-order valence-corrected chi connectivity index (χ1v) is 7.40. The predicted molar refractivity (Wildman–Crippen MR) is 82.1 cm³/mol. The number of aliphatic hydroxyl groups excluding tert-OH is 1. The van der Waals surface area contributed by atoms with E-state index in [1.54, 1.807) is 14.2 Å². The molecule has 1 heterocycles. The minimum Gasteiger partial charge on any atom is -0.493 e. The summed E-state index contributed by atoms with van der Waals surface area (Å²) in [7, 11) is 5.23. The molecular weight excluding hydrogens is 266 g/mol. The normalized spacial score (nSPS) is 41.1. The van der Waals surface area contributed by atoms with Gasteiger partial charge in [0, 0.05) is 14.2 Å². The molecule has 3 rings (SSSR count). The molecule has 1 aliphatic carbocycles. The predicted octanol–water partition coefficient (Wildman–Crippen LogP) is 2.19. The van der Waals surface area contributed by atoms with E-state index in [-0.39, 0.29) is 11.5 Å². The van der Waals surface area contributed by atoms with Crippen LogP contribution in [0.3, 0.4) is 0 Å². The molecule has 21 heavy (non-hydrogen) atoms. The molecule has 1 aliphatic heterocycles. The van der Waals surface area contributed by atoms with Crippen molar-refractivity contribution in [1.29, 1.82) is 0 Å². The number of ether oxygens (including phenoxy) is 2. The lowest BCUT2D eigenvalue weighted by Crippen LogP contribution is -2.47. The molecule has 0 radical (unpaired) electrons. The zero-order valence-electron chi connectivity index (χ0n) is 14.9. The van der Waals surface area contributed by atoms with Gasteiger partial charge in [-0.05, 0) is 56.9 Å². The maximum atomic E-state index is 10.2. The van der Waals surface area contributed by atoms with Crippen LogP contribution in [0.25, 0.3) is 0 Å². The van der Waals surface area contributed by atoms with Crippen LogP contribution >= 0.6 is 0 Å². The molecule has 1 saturated heterocycles. The number of hydrogen-bond donors (Lipinski definition) is 1. The first kappa shape index (κ1) is 12.3. The van der Waals surface area contributed by atoms with Crippen LogP contribution in [0.5, 0.6) is 11.5 Å². The Kier molecular flexibility index (Phi) is 3.22. The molecule has 1 aromatic carbocycles. The molecule has 1 aromatic rings. The topological polar surface area (TPSA) is 41.9 Å². The second-order valence-electron chi connectivity index (χ2n) is 6.02. The summed E-state index contributed by atoms with van der Waals surface area (Å²) >= 11 is 0. The van der Waals surface area contributed by atoms with E-state index in [9.17, 15) is 5.11 Å². The largest absolute Gasteiger partial charge is 0.493 e. The van der Waals surface area contributed by atoms with Gasteiger partial charge < -0.3 is 19.5 Å².